The highest BCUT2D eigenvalue weighted by Gasteiger charge is 1.99. The molecule has 0 radical (unpaired) electrons. The molecule has 0 aromatic heterocycles. The molecule has 0 rings (SSSR count). The van der Waals surface area contributed by atoms with Crippen LogP contribution in [0.4, 0.5) is 0 Å². The van der Waals surface area contributed by atoms with Crippen molar-refractivity contribution in [1.82, 2.24) is 0 Å². The number of aliphatic hydroxyl groups is 1. The molecule has 0 bridgehead atoms. The van der Waals surface area contributed by atoms with E-state index in [1.165, 1.54) is 0 Å². The molecule has 0 amide bonds. The van der Waals surface area contributed by atoms with Crippen molar-refractivity contribution >= 4 is 11.6 Å². The fraction of sp³-hybridized carbons (Fsp3) is 0.714. The van der Waals surface area contributed by atoms with E-state index in [0.717, 1.165) is 12.8 Å². The van der Waals surface area contributed by atoms with Crippen molar-refractivity contribution in [2.45, 2.75) is 24.6 Å². The van der Waals surface area contributed by atoms with Crippen LogP contribution < -0.4 is 0 Å². The predicted molar refractivity (Wildman–Crippen MR) is 39.4 cm³/mol. The van der Waals surface area contributed by atoms with Crippen molar-refractivity contribution in [3.63, 3.8) is 0 Å². The lowest BCUT2D eigenvalue weighted by atomic mass is 10.2. The standard InChI is InChI=1S/C7H11ClO/c1-2-4-7(8)5-3-6-9/h1,7,9H,3-6H2. The summed E-state index contributed by atoms with van der Waals surface area (Å²) in [6.07, 6.45) is 7.16. The van der Waals surface area contributed by atoms with E-state index in [-0.39, 0.29) is 12.0 Å². The topological polar surface area (TPSA) is 20.2 Å². The Kier molecular flexibility index (Phi) is 5.81. The van der Waals surface area contributed by atoms with E-state index >= 15 is 0 Å². The summed E-state index contributed by atoms with van der Waals surface area (Å²) in [5.74, 6) is 2.46. The largest absolute Gasteiger partial charge is 0.396 e. The molecule has 1 nitrogen and oxygen atoms in total. The lowest BCUT2D eigenvalue weighted by molar-refractivity contribution is 0.284. The molecule has 0 saturated carbocycles. The van der Waals surface area contributed by atoms with Gasteiger partial charge < -0.3 is 5.11 Å². The minimum atomic E-state index is 0.0437. The normalized spacial score (nSPS) is 12.6. The number of hydrogen-bond acceptors (Lipinski definition) is 1. The Hall–Kier alpha value is -0.190. The maximum Gasteiger partial charge on any atom is 0.0446 e. The molecule has 0 aromatic carbocycles. The van der Waals surface area contributed by atoms with Crippen LogP contribution in [0, 0.1) is 12.3 Å². The van der Waals surface area contributed by atoms with Crippen LogP contribution in [-0.4, -0.2) is 17.1 Å². The highest BCUT2D eigenvalue weighted by molar-refractivity contribution is 6.20. The van der Waals surface area contributed by atoms with E-state index in [4.69, 9.17) is 23.1 Å². The lowest BCUT2D eigenvalue weighted by Crippen LogP contribution is -1.97. The van der Waals surface area contributed by atoms with Gasteiger partial charge in [0.1, 0.15) is 0 Å². The van der Waals surface area contributed by atoms with Crippen molar-refractivity contribution in [2.24, 2.45) is 0 Å². The number of alkyl halides is 1. The fourth-order valence-electron chi connectivity index (χ4n) is 0.543. The van der Waals surface area contributed by atoms with Crippen LogP contribution in [0.25, 0.3) is 0 Å². The molecule has 1 N–H and O–H groups in total. The van der Waals surface area contributed by atoms with Crippen molar-refractivity contribution < 1.29 is 5.11 Å². The summed E-state index contributed by atoms with van der Waals surface area (Å²) in [6.45, 7) is 0.202. The number of hydrogen-bond donors (Lipinski definition) is 1. The molecule has 0 heterocycles. The zero-order chi connectivity index (χ0) is 7.11. The van der Waals surface area contributed by atoms with Gasteiger partial charge in [-0.2, -0.15) is 0 Å². The van der Waals surface area contributed by atoms with E-state index in [9.17, 15) is 0 Å². The van der Waals surface area contributed by atoms with Crippen LogP contribution >= 0.6 is 11.6 Å². The van der Waals surface area contributed by atoms with Crippen LogP contribution in [0.15, 0.2) is 0 Å². The maximum absolute atomic E-state index is 8.37. The molecule has 1 atom stereocenters. The molecule has 0 aliphatic carbocycles. The van der Waals surface area contributed by atoms with Gasteiger partial charge >= 0.3 is 0 Å². The summed E-state index contributed by atoms with van der Waals surface area (Å²) >= 11 is 5.71. The minimum Gasteiger partial charge on any atom is -0.396 e. The third-order valence-electron chi connectivity index (χ3n) is 1.01. The highest BCUT2D eigenvalue weighted by Crippen LogP contribution is 2.07. The molecule has 0 saturated heterocycles. The summed E-state index contributed by atoms with van der Waals surface area (Å²) in [5.41, 5.74) is 0. The zero-order valence-electron chi connectivity index (χ0n) is 5.31. The Morgan fingerprint density at radius 1 is 1.67 bits per heavy atom. The van der Waals surface area contributed by atoms with Gasteiger partial charge in [0.15, 0.2) is 0 Å². The third-order valence-corrected chi connectivity index (χ3v) is 1.39. The number of terminal acetylenes is 1. The second-order valence-corrected chi connectivity index (χ2v) is 2.49. The summed E-state index contributed by atoms with van der Waals surface area (Å²) in [4.78, 5) is 0. The van der Waals surface area contributed by atoms with Crippen molar-refractivity contribution in [1.29, 1.82) is 0 Å². The van der Waals surface area contributed by atoms with Gasteiger partial charge in [0.05, 0.1) is 0 Å². The van der Waals surface area contributed by atoms with E-state index in [1.807, 2.05) is 0 Å². The van der Waals surface area contributed by atoms with Crippen molar-refractivity contribution in [2.75, 3.05) is 6.61 Å². The number of aliphatic hydroxyl groups excluding tert-OH is 1. The average molecular weight is 147 g/mol. The predicted octanol–water partition coefficient (Wildman–Crippen LogP) is 1.39. The second-order valence-electron chi connectivity index (χ2n) is 1.87. The van der Waals surface area contributed by atoms with E-state index in [1.54, 1.807) is 0 Å². The van der Waals surface area contributed by atoms with Gasteiger partial charge in [0.2, 0.25) is 0 Å². The fourth-order valence-corrected chi connectivity index (χ4v) is 0.786. The SMILES string of the molecule is C#CCC(Cl)CCCO. The molecule has 9 heavy (non-hydrogen) atoms. The van der Waals surface area contributed by atoms with Gasteiger partial charge in [-0.3, -0.25) is 0 Å². The Labute approximate surface area is 61.0 Å². The van der Waals surface area contributed by atoms with Gasteiger partial charge in [-0.15, -0.1) is 23.9 Å². The first kappa shape index (κ1) is 8.81. The minimum absolute atomic E-state index is 0.0437. The van der Waals surface area contributed by atoms with Crippen LogP contribution in [0.1, 0.15) is 19.3 Å². The van der Waals surface area contributed by atoms with Crippen LogP contribution in [-0.2, 0) is 0 Å². The Bertz CT molecular complexity index is 95.6. The van der Waals surface area contributed by atoms with E-state index in [0.29, 0.717) is 6.42 Å². The lowest BCUT2D eigenvalue weighted by Gasteiger charge is -2.01. The first-order valence-electron chi connectivity index (χ1n) is 2.99. The summed E-state index contributed by atoms with van der Waals surface area (Å²) in [6, 6.07) is 0. The van der Waals surface area contributed by atoms with E-state index < -0.39 is 0 Å². The first-order chi connectivity index (χ1) is 4.31. The summed E-state index contributed by atoms with van der Waals surface area (Å²) in [5, 5.41) is 8.42. The van der Waals surface area contributed by atoms with Crippen molar-refractivity contribution in [3.8, 4) is 12.3 Å². The Morgan fingerprint density at radius 3 is 2.78 bits per heavy atom. The number of halogens is 1. The maximum atomic E-state index is 8.37. The summed E-state index contributed by atoms with van der Waals surface area (Å²) < 4.78 is 0. The molecule has 0 aliphatic rings. The zero-order valence-corrected chi connectivity index (χ0v) is 6.06. The number of rotatable bonds is 4. The van der Waals surface area contributed by atoms with Crippen molar-refractivity contribution in [3.05, 3.63) is 0 Å². The molecule has 2 heteroatoms. The van der Waals surface area contributed by atoms with Gasteiger partial charge in [-0.05, 0) is 12.8 Å². The van der Waals surface area contributed by atoms with Gasteiger partial charge in [0, 0.05) is 18.4 Å². The molecule has 0 aliphatic heterocycles. The van der Waals surface area contributed by atoms with Gasteiger partial charge in [-0.25, -0.2) is 0 Å². The quantitative estimate of drug-likeness (QED) is 0.470. The van der Waals surface area contributed by atoms with Gasteiger partial charge in [0.25, 0.3) is 0 Å². The molecule has 0 fully saturated rings. The van der Waals surface area contributed by atoms with Crippen LogP contribution in [0.2, 0.25) is 0 Å². The van der Waals surface area contributed by atoms with E-state index in [2.05, 4.69) is 5.92 Å². The smallest absolute Gasteiger partial charge is 0.0446 e. The molecule has 52 valence electrons. The average Bonchev–Trinajstić information content (AvgIpc) is 1.85. The highest BCUT2D eigenvalue weighted by atomic mass is 35.5. The molecule has 0 spiro atoms. The Morgan fingerprint density at radius 2 is 2.33 bits per heavy atom. The molecular weight excluding hydrogens is 136 g/mol. The Balaban J connectivity index is 3.08. The van der Waals surface area contributed by atoms with Crippen LogP contribution in [0.3, 0.4) is 0 Å². The monoisotopic (exact) mass is 146 g/mol. The van der Waals surface area contributed by atoms with Crippen LogP contribution in [0.5, 0.6) is 0 Å². The molecule has 0 aromatic rings. The second kappa shape index (κ2) is 5.94. The molecule has 1 unspecified atom stereocenters. The third kappa shape index (κ3) is 5.68. The summed E-state index contributed by atoms with van der Waals surface area (Å²) in [7, 11) is 0. The molecular formula is C7H11ClO. The van der Waals surface area contributed by atoms with Gasteiger partial charge in [-0.1, -0.05) is 0 Å². The first-order valence-corrected chi connectivity index (χ1v) is 3.43.